The number of hydrogen-bond donors (Lipinski definition) is 1. The number of piperidine rings is 1. The predicted molar refractivity (Wildman–Crippen MR) is 127 cm³/mol. The normalized spacial score (nSPS) is 18.7. The van der Waals surface area contributed by atoms with Gasteiger partial charge in [0.1, 0.15) is 6.61 Å². The molecule has 1 saturated heterocycles. The van der Waals surface area contributed by atoms with Crippen LogP contribution in [-0.4, -0.2) is 54.3 Å². The Labute approximate surface area is 198 Å². The van der Waals surface area contributed by atoms with Crippen LogP contribution >= 0.6 is 24.8 Å². The standard InChI is InChI=1S/C22H26FN3O4.2ClH/c1-2-29-20(28)6-3-14-11-18(23)22-21-17(14)4-5-19(27)26(21)16(13-30-22)12-25-9-7-15(24)8-10-25;;/h3-6,11,15-16H,2,7-10,12-13,24H2,1H3;2*1H/b6-3+;;/t16-;;/m1../s1. The van der Waals surface area contributed by atoms with Gasteiger partial charge in [-0.2, -0.15) is 0 Å². The molecule has 1 aromatic heterocycles. The van der Waals surface area contributed by atoms with E-state index in [2.05, 4.69) is 4.90 Å². The number of nitrogens with zero attached hydrogens (tertiary/aromatic N) is 2. The second kappa shape index (κ2) is 11.1. The van der Waals surface area contributed by atoms with E-state index in [1.54, 1.807) is 17.6 Å². The minimum Gasteiger partial charge on any atom is -0.486 e. The van der Waals surface area contributed by atoms with Crippen molar-refractivity contribution < 1.29 is 18.7 Å². The van der Waals surface area contributed by atoms with E-state index in [1.807, 2.05) is 0 Å². The lowest BCUT2D eigenvalue weighted by molar-refractivity contribution is -0.137. The first-order valence-electron chi connectivity index (χ1n) is 10.3. The van der Waals surface area contributed by atoms with Gasteiger partial charge in [0, 0.05) is 30.1 Å². The first-order valence-corrected chi connectivity index (χ1v) is 10.3. The molecule has 1 aromatic carbocycles. The average molecular weight is 488 g/mol. The van der Waals surface area contributed by atoms with Crippen molar-refractivity contribution >= 4 is 47.8 Å². The molecule has 0 saturated carbocycles. The van der Waals surface area contributed by atoms with Crippen molar-refractivity contribution in [1.82, 2.24) is 9.47 Å². The number of halogens is 3. The molecule has 0 amide bonds. The van der Waals surface area contributed by atoms with Crippen molar-refractivity contribution in [3.63, 3.8) is 0 Å². The summed E-state index contributed by atoms with van der Waals surface area (Å²) in [5, 5.41) is 0.650. The Kier molecular flexibility index (Phi) is 9.09. The van der Waals surface area contributed by atoms with Gasteiger partial charge in [-0.15, -0.1) is 24.8 Å². The molecule has 32 heavy (non-hydrogen) atoms. The van der Waals surface area contributed by atoms with Crippen molar-refractivity contribution in [3.8, 4) is 5.75 Å². The number of pyridine rings is 1. The summed E-state index contributed by atoms with van der Waals surface area (Å²) in [4.78, 5) is 26.7. The highest BCUT2D eigenvalue weighted by atomic mass is 35.5. The number of rotatable bonds is 5. The van der Waals surface area contributed by atoms with E-state index < -0.39 is 11.8 Å². The van der Waals surface area contributed by atoms with Crippen molar-refractivity contribution in [3.05, 3.63) is 46.0 Å². The minimum atomic E-state index is -0.562. The Hall–Kier alpha value is -2.13. The zero-order valence-electron chi connectivity index (χ0n) is 17.8. The molecule has 2 aromatic rings. The molecule has 0 bridgehead atoms. The van der Waals surface area contributed by atoms with Gasteiger partial charge >= 0.3 is 5.97 Å². The van der Waals surface area contributed by atoms with Gasteiger partial charge in [0.05, 0.1) is 18.2 Å². The molecule has 1 fully saturated rings. The van der Waals surface area contributed by atoms with Crippen LogP contribution in [0.5, 0.6) is 5.75 Å². The summed E-state index contributed by atoms with van der Waals surface area (Å²) in [6.45, 7) is 4.57. The van der Waals surface area contributed by atoms with Crippen LogP contribution in [-0.2, 0) is 9.53 Å². The van der Waals surface area contributed by atoms with Crippen molar-refractivity contribution in [2.24, 2.45) is 5.73 Å². The zero-order valence-corrected chi connectivity index (χ0v) is 19.4. The van der Waals surface area contributed by atoms with Crippen LogP contribution < -0.4 is 16.0 Å². The molecule has 0 spiro atoms. The number of hydrogen-bond acceptors (Lipinski definition) is 6. The van der Waals surface area contributed by atoms with Crippen molar-refractivity contribution in [1.29, 1.82) is 0 Å². The largest absolute Gasteiger partial charge is 0.486 e. The fourth-order valence-corrected chi connectivity index (χ4v) is 4.22. The van der Waals surface area contributed by atoms with E-state index in [0.29, 0.717) is 23.0 Å². The SMILES string of the molecule is CCOC(=O)/C=C/c1cc(F)c2c3c1ccc(=O)n3[C@H](CN1CCC(N)CC1)CO2.Cl.Cl. The van der Waals surface area contributed by atoms with Gasteiger partial charge in [0.25, 0.3) is 5.56 Å². The fourth-order valence-electron chi connectivity index (χ4n) is 4.22. The third kappa shape index (κ3) is 5.26. The lowest BCUT2D eigenvalue weighted by atomic mass is 10.0. The topological polar surface area (TPSA) is 86.8 Å². The van der Waals surface area contributed by atoms with Gasteiger partial charge < -0.3 is 20.1 Å². The Morgan fingerprint density at radius 1 is 1.31 bits per heavy atom. The van der Waals surface area contributed by atoms with Crippen molar-refractivity contribution in [2.45, 2.75) is 31.8 Å². The quantitative estimate of drug-likeness (QED) is 0.515. The molecule has 10 heteroatoms. The maximum absolute atomic E-state index is 14.8. The molecule has 3 heterocycles. The maximum Gasteiger partial charge on any atom is 0.330 e. The summed E-state index contributed by atoms with van der Waals surface area (Å²) < 4.78 is 27.1. The molecular weight excluding hydrogens is 460 g/mol. The number of likely N-dealkylation sites (tertiary alicyclic amines) is 1. The predicted octanol–water partition coefficient (Wildman–Crippen LogP) is 2.92. The monoisotopic (exact) mass is 487 g/mol. The molecule has 176 valence electrons. The lowest BCUT2D eigenvalue weighted by Crippen LogP contribution is -2.45. The molecule has 2 aliphatic heterocycles. The summed E-state index contributed by atoms with van der Waals surface area (Å²) in [5.74, 6) is -0.992. The van der Waals surface area contributed by atoms with Gasteiger partial charge in [0.15, 0.2) is 11.6 Å². The van der Waals surface area contributed by atoms with Gasteiger partial charge in [-0.3, -0.25) is 9.36 Å². The second-order valence-corrected chi connectivity index (χ2v) is 7.77. The minimum absolute atomic E-state index is 0. The molecule has 1 atom stereocenters. The van der Waals surface area contributed by atoms with Crippen LogP contribution in [0.1, 0.15) is 31.4 Å². The Balaban J connectivity index is 0.00000181. The summed E-state index contributed by atoms with van der Waals surface area (Å²) in [5.41, 5.74) is 6.71. The van der Waals surface area contributed by atoms with Crippen LogP contribution in [0.3, 0.4) is 0 Å². The first-order chi connectivity index (χ1) is 14.5. The van der Waals surface area contributed by atoms with Crippen LogP contribution in [0.2, 0.25) is 0 Å². The highest BCUT2D eigenvalue weighted by Gasteiger charge is 2.29. The number of carbonyl (C=O) groups is 1. The van der Waals surface area contributed by atoms with E-state index in [0.717, 1.165) is 25.9 Å². The van der Waals surface area contributed by atoms with Gasteiger partial charge in [0.2, 0.25) is 0 Å². The summed E-state index contributed by atoms with van der Waals surface area (Å²) >= 11 is 0. The van der Waals surface area contributed by atoms with Gasteiger partial charge in [-0.05, 0) is 56.6 Å². The number of nitrogens with two attached hydrogens (primary N) is 1. The lowest BCUT2D eigenvalue weighted by Gasteiger charge is -2.35. The van der Waals surface area contributed by atoms with Gasteiger partial charge in [-0.1, -0.05) is 0 Å². The molecule has 0 unspecified atom stereocenters. The Bertz CT molecular complexity index is 1050. The van der Waals surface area contributed by atoms with E-state index in [4.69, 9.17) is 15.2 Å². The summed E-state index contributed by atoms with van der Waals surface area (Å²) in [6.07, 6.45) is 4.60. The van der Waals surface area contributed by atoms with E-state index in [9.17, 15) is 14.0 Å². The smallest absolute Gasteiger partial charge is 0.330 e. The first kappa shape index (κ1) is 26.1. The molecule has 0 radical (unpaired) electrons. The van der Waals surface area contributed by atoms with E-state index in [1.165, 1.54) is 24.3 Å². The number of aromatic nitrogens is 1. The molecule has 2 aliphatic rings. The Morgan fingerprint density at radius 3 is 2.72 bits per heavy atom. The highest BCUT2D eigenvalue weighted by Crippen LogP contribution is 2.36. The van der Waals surface area contributed by atoms with Gasteiger partial charge in [-0.25, -0.2) is 9.18 Å². The van der Waals surface area contributed by atoms with E-state index >= 15 is 0 Å². The maximum atomic E-state index is 14.8. The third-order valence-corrected chi connectivity index (χ3v) is 5.72. The van der Waals surface area contributed by atoms with Crippen molar-refractivity contribution in [2.75, 3.05) is 32.8 Å². The van der Waals surface area contributed by atoms with Crippen LogP contribution in [0.15, 0.2) is 29.1 Å². The van der Waals surface area contributed by atoms with Crippen LogP contribution in [0, 0.1) is 5.82 Å². The molecule has 7 nitrogen and oxygen atoms in total. The third-order valence-electron chi connectivity index (χ3n) is 5.72. The summed E-state index contributed by atoms with van der Waals surface area (Å²) in [6, 6.07) is 4.43. The number of carbonyl (C=O) groups excluding carboxylic acids is 1. The number of ether oxygens (including phenoxy) is 2. The van der Waals surface area contributed by atoms with Crippen LogP contribution in [0.25, 0.3) is 17.0 Å². The average Bonchev–Trinajstić information content (AvgIpc) is 2.73. The second-order valence-electron chi connectivity index (χ2n) is 7.77. The van der Waals surface area contributed by atoms with Crippen LogP contribution in [0.4, 0.5) is 4.39 Å². The Morgan fingerprint density at radius 2 is 2.03 bits per heavy atom. The summed E-state index contributed by atoms with van der Waals surface area (Å²) in [7, 11) is 0. The fraction of sp³-hybridized carbons (Fsp3) is 0.455. The molecular formula is C22H28Cl2FN3O4. The molecule has 2 N–H and O–H groups in total. The number of esters is 1. The zero-order chi connectivity index (χ0) is 21.3. The number of benzene rings is 1. The van der Waals surface area contributed by atoms with E-state index in [-0.39, 0.29) is 61.4 Å². The molecule has 0 aliphatic carbocycles. The highest BCUT2D eigenvalue weighted by molar-refractivity contribution is 5.96. The molecule has 4 rings (SSSR count).